The molecule has 0 aliphatic carbocycles. The molecule has 17 heavy (non-hydrogen) atoms. The van der Waals surface area contributed by atoms with Gasteiger partial charge in [0, 0.05) is 11.4 Å². The van der Waals surface area contributed by atoms with Crippen LogP contribution in [0.1, 0.15) is 17.3 Å². The summed E-state index contributed by atoms with van der Waals surface area (Å²) < 4.78 is 4.57. The molecule has 92 valence electrons. The lowest BCUT2D eigenvalue weighted by atomic mass is 10.1. The summed E-state index contributed by atoms with van der Waals surface area (Å²) >= 11 is 0. The van der Waals surface area contributed by atoms with Gasteiger partial charge in [-0.1, -0.05) is 0 Å². The van der Waals surface area contributed by atoms with Crippen LogP contribution in [0, 0.1) is 0 Å². The van der Waals surface area contributed by atoms with Gasteiger partial charge in [0.1, 0.15) is 6.04 Å². The van der Waals surface area contributed by atoms with Crippen molar-refractivity contribution in [3.05, 3.63) is 23.8 Å². The van der Waals surface area contributed by atoms with Gasteiger partial charge in [0.05, 0.1) is 12.7 Å². The van der Waals surface area contributed by atoms with Crippen molar-refractivity contribution in [2.24, 2.45) is 5.73 Å². The summed E-state index contributed by atoms with van der Waals surface area (Å²) in [5.74, 6) is -1.03. The fourth-order valence-corrected chi connectivity index (χ4v) is 1.37. The summed E-state index contributed by atoms with van der Waals surface area (Å²) in [6, 6.07) is 4.01. The van der Waals surface area contributed by atoms with Gasteiger partial charge in [0.2, 0.25) is 0 Å². The zero-order chi connectivity index (χ0) is 13.0. The number of carbonyl (C=O) groups is 2. The van der Waals surface area contributed by atoms with E-state index in [-0.39, 0.29) is 5.56 Å². The van der Waals surface area contributed by atoms with Gasteiger partial charge in [-0.25, -0.2) is 4.79 Å². The number of anilines is 2. The number of rotatable bonds is 4. The SMILES string of the molecule is COC(=O)C(C)Nc1cc(N)ccc1C(N)=O. The number of nitrogens with two attached hydrogens (primary N) is 2. The Morgan fingerprint density at radius 2 is 2.06 bits per heavy atom. The van der Waals surface area contributed by atoms with Gasteiger partial charge in [-0.15, -0.1) is 0 Å². The van der Waals surface area contributed by atoms with E-state index in [1.54, 1.807) is 19.1 Å². The van der Waals surface area contributed by atoms with Crippen molar-refractivity contribution in [2.45, 2.75) is 13.0 Å². The zero-order valence-corrected chi connectivity index (χ0v) is 9.69. The Labute approximate surface area is 98.9 Å². The first-order valence-corrected chi connectivity index (χ1v) is 4.99. The van der Waals surface area contributed by atoms with E-state index >= 15 is 0 Å². The topological polar surface area (TPSA) is 107 Å². The summed E-state index contributed by atoms with van der Waals surface area (Å²) in [6.45, 7) is 1.61. The second-order valence-electron chi connectivity index (χ2n) is 3.56. The molecular formula is C11H15N3O3. The van der Waals surface area contributed by atoms with E-state index in [0.717, 1.165) is 0 Å². The summed E-state index contributed by atoms with van der Waals surface area (Å²) in [6.07, 6.45) is 0. The van der Waals surface area contributed by atoms with E-state index in [4.69, 9.17) is 11.5 Å². The number of nitrogens with one attached hydrogen (secondary N) is 1. The first-order chi connectivity index (χ1) is 7.95. The maximum atomic E-state index is 11.3. The Morgan fingerprint density at radius 3 is 2.59 bits per heavy atom. The number of esters is 1. The number of primary amides is 1. The molecule has 1 aromatic carbocycles. The summed E-state index contributed by atoms with van der Waals surface area (Å²) in [7, 11) is 1.29. The maximum Gasteiger partial charge on any atom is 0.327 e. The highest BCUT2D eigenvalue weighted by molar-refractivity contribution is 5.99. The highest BCUT2D eigenvalue weighted by Crippen LogP contribution is 2.19. The molecule has 0 aliphatic rings. The molecule has 0 aliphatic heterocycles. The lowest BCUT2D eigenvalue weighted by Crippen LogP contribution is -2.28. The molecular weight excluding hydrogens is 222 g/mol. The number of hydrogen-bond donors (Lipinski definition) is 3. The average molecular weight is 237 g/mol. The standard InChI is InChI=1S/C11H15N3O3/c1-6(11(16)17-2)14-9-5-7(12)3-4-8(9)10(13)15/h3-6,14H,12H2,1-2H3,(H2,13,15). The van der Waals surface area contributed by atoms with E-state index in [1.807, 2.05) is 0 Å². The van der Waals surface area contributed by atoms with Crippen molar-refractivity contribution in [2.75, 3.05) is 18.2 Å². The van der Waals surface area contributed by atoms with Gasteiger partial charge in [-0.2, -0.15) is 0 Å². The molecule has 1 atom stereocenters. The predicted molar refractivity (Wildman–Crippen MR) is 64.5 cm³/mol. The molecule has 0 fully saturated rings. The second-order valence-corrected chi connectivity index (χ2v) is 3.56. The minimum atomic E-state index is -0.597. The average Bonchev–Trinajstić information content (AvgIpc) is 2.27. The third kappa shape index (κ3) is 3.10. The Bertz CT molecular complexity index is 446. The largest absolute Gasteiger partial charge is 0.467 e. The first kappa shape index (κ1) is 12.8. The highest BCUT2D eigenvalue weighted by atomic mass is 16.5. The third-order valence-corrected chi connectivity index (χ3v) is 2.24. The van der Waals surface area contributed by atoms with Crippen LogP contribution in [0.3, 0.4) is 0 Å². The molecule has 6 nitrogen and oxygen atoms in total. The van der Waals surface area contributed by atoms with Gasteiger partial charge in [0.15, 0.2) is 0 Å². The van der Waals surface area contributed by atoms with Gasteiger partial charge in [-0.05, 0) is 25.1 Å². The smallest absolute Gasteiger partial charge is 0.327 e. The van der Waals surface area contributed by atoms with Crippen LogP contribution in [0.5, 0.6) is 0 Å². The number of hydrogen-bond acceptors (Lipinski definition) is 5. The van der Waals surface area contributed by atoms with Crippen LogP contribution in [0.2, 0.25) is 0 Å². The van der Waals surface area contributed by atoms with Crippen LogP contribution >= 0.6 is 0 Å². The van der Waals surface area contributed by atoms with E-state index in [0.29, 0.717) is 11.4 Å². The zero-order valence-electron chi connectivity index (χ0n) is 9.69. The molecule has 0 aromatic heterocycles. The molecule has 0 spiro atoms. The Hall–Kier alpha value is -2.24. The molecule has 0 saturated heterocycles. The number of nitrogen functional groups attached to an aromatic ring is 1. The van der Waals surface area contributed by atoms with Crippen LogP contribution in [-0.4, -0.2) is 25.0 Å². The first-order valence-electron chi connectivity index (χ1n) is 4.99. The van der Waals surface area contributed by atoms with Gasteiger partial charge < -0.3 is 21.5 Å². The van der Waals surface area contributed by atoms with Gasteiger partial charge in [0.25, 0.3) is 5.91 Å². The van der Waals surface area contributed by atoms with Crippen molar-refractivity contribution in [3.8, 4) is 0 Å². The highest BCUT2D eigenvalue weighted by Gasteiger charge is 2.16. The molecule has 1 unspecified atom stereocenters. The predicted octanol–water partition coefficient (Wildman–Crippen LogP) is 0.341. The fourth-order valence-electron chi connectivity index (χ4n) is 1.37. The molecule has 1 amide bonds. The quantitative estimate of drug-likeness (QED) is 0.517. The Balaban J connectivity index is 3.00. The number of carbonyl (C=O) groups excluding carboxylic acids is 2. The van der Waals surface area contributed by atoms with Crippen LogP contribution in [0.15, 0.2) is 18.2 Å². The number of ether oxygens (including phenoxy) is 1. The van der Waals surface area contributed by atoms with Crippen molar-refractivity contribution < 1.29 is 14.3 Å². The molecule has 1 aromatic rings. The molecule has 0 radical (unpaired) electrons. The van der Waals surface area contributed by atoms with E-state index < -0.39 is 17.9 Å². The molecule has 0 heterocycles. The van der Waals surface area contributed by atoms with Crippen molar-refractivity contribution in [1.82, 2.24) is 0 Å². The maximum absolute atomic E-state index is 11.3. The third-order valence-electron chi connectivity index (χ3n) is 2.24. The lowest BCUT2D eigenvalue weighted by molar-refractivity contribution is -0.141. The van der Waals surface area contributed by atoms with Crippen LogP contribution in [-0.2, 0) is 9.53 Å². The van der Waals surface area contributed by atoms with E-state index in [1.165, 1.54) is 13.2 Å². The molecule has 1 rings (SSSR count). The van der Waals surface area contributed by atoms with Gasteiger partial charge in [-0.3, -0.25) is 4.79 Å². The van der Waals surface area contributed by atoms with Crippen molar-refractivity contribution in [3.63, 3.8) is 0 Å². The fraction of sp³-hybridized carbons (Fsp3) is 0.273. The van der Waals surface area contributed by atoms with Crippen molar-refractivity contribution in [1.29, 1.82) is 0 Å². The second kappa shape index (κ2) is 5.20. The molecule has 0 saturated carbocycles. The minimum absolute atomic E-state index is 0.273. The van der Waals surface area contributed by atoms with Crippen LogP contribution in [0.25, 0.3) is 0 Å². The minimum Gasteiger partial charge on any atom is -0.467 e. The summed E-state index contributed by atoms with van der Waals surface area (Å²) in [4.78, 5) is 22.4. The Kier molecular flexibility index (Phi) is 3.92. The van der Waals surface area contributed by atoms with Crippen molar-refractivity contribution >= 4 is 23.3 Å². The Morgan fingerprint density at radius 1 is 1.41 bits per heavy atom. The molecule has 0 bridgehead atoms. The lowest BCUT2D eigenvalue weighted by Gasteiger charge is -2.15. The normalized spacial score (nSPS) is 11.6. The van der Waals surface area contributed by atoms with E-state index in [2.05, 4.69) is 10.1 Å². The van der Waals surface area contributed by atoms with E-state index in [9.17, 15) is 9.59 Å². The molecule has 5 N–H and O–H groups in total. The monoisotopic (exact) mass is 237 g/mol. The number of benzene rings is 1. The molecule has 6 heteroatoms. The van der Waals surface area contributed by atoms with Crippen LogP contribution in [0.4, 0.5) is 11.4 Å². The summed E-state index contributed by atoms with van der Waals surface area (Å²) in [5.41, 5.74) is 12.0. The number of methoxy groups -OCH3 is 1. The number of amides is 1. The van der Waals surface area contributed by atoms with Crippen LogP contribution < -0.4 is 16.8 Å². The van der Waals surface area contributed by atoms with Gasteiger partial charge >= 0.3 is 5.97 Å². The summed E-state index contributed by atoms with van der Waals surface area (Å²) in [5, 5.41) is 2.83.